The van der Waals surface area contributed by atoms with E-state index in [1.807, 2.05) is 0 Å². The van der Waals surface area contributed by atoms with Gasteiger partial charge < -0.3 is 0 Å². The fourth-order valence-corrected chi connectivity index (χ4v) is 1.02. The summed E-state index contributed by atoms with van der Waals surface area (Å²) in [4.78, 5) is 0. The van der Waals surface area contributed by atoms with Crippen LogP contribution in [0.4, 0.5) is 0 Å². The lowest BCUT2D eigenvalue weighted by Crippen LogP contribution is -1.83. The van der Waals surface area contributed by atoms with Gasteiger partial charge in [0.1, 0.15) is 0 Å². The van der Waals surface area contributed by atoms with E-state index in [4.69, 9.17) is 0 Å². The normalized spacial score (nSPS) is 31.2. The van der Waals surface area contributed by atoms with E-state index in [0.717, 1.165) is 5.92 Å². The van der Waals surface area contributed by atoms with Crippen LogP contribution in [0.5, 0.6) is 0 Å². The Morgan fingerprint density at radius 3 is 2.44 bits per heavy atom. The van der Waals surface area contributed by atoms with Crippen molar-refractivity contribution in [2.24, 2.45) is 11.3 Å². The Labute approximate surface area is 57.0 Å². The van der Waals surface area contributed by atoms with Crippen molar-refractivity contribution in [2.75, 3.05) is 0 Å². The summed E-state index contributed by atoms with van der Waals surface area (Å²) < 4.78 is 0. The second-order valence-electron chi connectivity index (χ2n) is 3.85. The maximum Gasteiger partial charge on any atom is -0.0146 e. The first-order valence-corrected chi connectivity index (χ1v) is 3.98. The van der Waals surface area contributed by atoms with Gasteiger partial charge in [0.05, 0.1) is 0 Å². The molecule has 50 valence electrons. The number of hydrogen-bond donors (Lipinski definition) is 0. The molecule has 0 bridgehead atoms. The predicted octanol–water partition coefficient (Wildman–Crippen LogP) is 2.75. The van der Waals surface area contributed by atoms with Gasteiger partial charge in [-0.2, -0.15) is 0 Å². The number of hydrogen-bond acceptors (Lipinski definition) is 0. The van der Waals surface area contributed by atoms with Gasteiger partial charge in [-0.15, -0.1) is 0 Å². The molecule has 0 N–H and O–H groups in total. The van der Waals surface area contributed by atoms with Crippen LogP contribution in [0.3, 0.4) is 0 Å². The standard InChI is InChI=1S/C9H14/c1-9(6-7-9)5-4-8-2-3-8/h4-5,8H,2-3,6-7H2,1H3/b5-4+. The highest BCUT2D eigenvalue weighted by molar-refractivity contribution is 5.09. The minimum absolute atomic E-state index is 0.641. The van der Waals surface area contributed by atoms with E-state index in [1.54, 1.807) is 0 Å². The molecule has 0 unspecified atom stereocenters. The summed E-state index contributed by atoms with van der Waals surface area (Å²) in [5, 5.41) is 0. The lowest BCUT2D eigenvalue weighted by molar-refractivity contribution is 0.741. The fourth-order valence-electron chi connectivity index (χ4n) is 1.02. The summed E-state index contributed by atoms with van der Waals surface area (Å²) in [7, 11) is 0. The third-order valence-electron chi connectivity index (χ3n) is 2.43. The molecule has 0 radical (unpaired) electrons. The van der Waals surface area contributed by atoms with E-state index in [1.165, 1.54) is 25.7 Å². The van der Waals surface area contributed by atoms with E-state index < -0.39 is 0 Å². The maximum atomic E-state index is 2.44. The zero-order valence-corrected chi connectivity index (χ0v) is 6.06. The molecule has 2 aliphatic rings. The molecule has 2 saturated carbocycles. The summed E-state index contributed by atoms with van der Waals surface area (Å²) >= 11 is 0. The van der Waals surface area contributed by atoms with Crippen LogP contribution >= 0.6 is 0 Å². The molecule has 0 heterocycles. The van der Waals surface area contributed by atoms with Gasteiger partial charge in [0.25, 0.3) is 0 Å². The van der Waals surface area contributed by atoms with Crippen molar-refractivity contribution in [1.29, 1.82) is 0 Å². The molecule has 0 aliphatic heterocycles. The van der Waals surface area contributed by atoms with Crippen molar-refractivity contribution in [2.45, 2.75) is 32.6 Å². The Kier molecular flexibility index (Phi) is 0.992. The minimum atomic E-state index is 0.641. The molecule has 0 aromatic heterocycles. The van der Waals surface area contributed by atoms with Crippen LogP contribution in [0, 0.1) is 11.3 Å². The largest absolute Gasteiger partial charge is 0.0849 e. The van der Waals surface area contributed by atoms with Gasteiger partial charge in [-0.3, -0.25) is 0 Å². The molecule has 0 saturated heterocycles. The SMILES string of the molecule is CC1(/C=C/C2CC2)CC1. The lowest BCUT2D eigenvalue weighted by Gasteiger charge is -1.95. The molecule has 2 aliphatic carbocycles. The van der Waals surface area contributed by atoms with Crippen molar-refractivity contribution < 1.29 is 0 Å². The zero-order chi connectivity index (χ0) is 6.32. The Balaban J connectivity index is 1.86. The first-order valence-electron chi connectivity index (χ1n) is 3.98. The van der Waals surface area contributed by atoms with Crippen molar-refractivity contribution in [3.8, 4) is 0 Å². The van der Waals surface area contributed by atoms with Gasteiger partial charge in [-0.05, 0) is 37.0 Å². The van der Waals surface area contributed by atoms with Gasteiger partial charge in [-0.1, -0.05) is 19.1 Å². The number of allylic oxidation sites excluding steroid dienone is 2. The van der Waals surface area contributed by atoms with Crippen LogP contribution < -0.4 is 0 Å². The monoisotopic (exact) mass is 122 g/mol. The molecule has 2 fully saturated rings. The molecule has 0 nitrogen and oxygen atoms in total. The first kappa shape index (κ1) is 5.52. The van der Waals surface area contributed by atoms with Gasteiger partial charge in [-0.25, -0.2) is 0 Å². The second kappa shape index (κ2) is 1.62. The van der Waals surface area contributed by atoms with Crippen molar-refractivity contribution in [3.05, 3.63) is 12.2 Å². The van der Waals surface area contributed by atoms with Crippen molar-refractivity contribution >= 4 is 0 Å². The number of rotatable bonds is 2. The highest BCUT2D eigenvalue weighted by Gasteiger charge is 2.34. The highest BCUT2D eigenvalue weighted by Crippen LogP contribution is 2.47. The fraction of sp³-hybridized carbons (Fsp3) is 0.778. The third-order valence-corrected chi connectivity index (χ3v) is 2.43. The third kappa shape index (κ3) is 1.35. The maximum absolute atomic E-state index is 2.44. The Morgan fingerprint density at radius 1 is 1.33 bits per heavy atom. The van der Waals surface area contributed by atoms with Crippen LogP contribution in [0.2, 0.25) is 0 Å². The molecular formula is C9H14. The van der Waals surface area contributed by atoms with Crippen LogP contribution in [0.15, 0.2) is 12.2 Å². The summed E-state index contributed by atoms with van der Waals surface area (Å²) in [5.41, 5.74) is 0.641. The topological polar surface area (TPSA) is 0 Å². The molecule has 0 spiro atoms. The van der Waals surface area contributed by atoms with Crippen molar-refractivity contribution in [1.82, 2.24) is 0 Å². The Bertz CT molecular complexity index is 136. The predicted molar refractivity (Wildman–Crippen MR) is 39.2 cm³/mol. The molecular weight excluding hydrogens is 108 g/mol. The van der Waals surface area contributed by atoms with Gasteiger partial charge in [0.15, 0.2) is 0 Å². The smallest absolute Gasteiger partial charge is 0.0146 e. The van der Waals surface area contributed by atoms with E-state index in [2.05, 4.69) is 19.1 Å². The minimum Gasteiger partial charge on any atom is -0.0849 e. The molecule has 0 aromatic rings. The molecule has 0 amide bonds. The van der Waals surface area contributed by atoms with Crippen molar-refractivity contribution in [3.63, 3.8) is 0 Å². The van der Waals surface area contributed by atoms with E-state index in [9.17, 15) is 0 Å². The lowest BCUT2D eigenvalue weighted by atomic mass is 10.1. The molecule has 0 atom stereocenters. The molecule has 9 heavy (non-hydrogen) atoms. The van der Waals surface area contributed by atoms with Gasteiger partial charge in [0.2, 0.25) is 0 Å². The van der Waals surface area contributed by atoms with Crippen LogP contribution in [0.1, 0.15) is 32.6 Å². The summed E-state index contributed by atoms with van der Waals surface area (Å²) in [5.74, 6) is 0.974. The van der Waals surface area contributed by atoms with Crippen LogP contribution in [-0.2, 0) is 0 Å². The summed E-state index contributed by atoms with van der Waals surface area (Å²) in [6.07, 6.45) is 10.6. The summed E-state index contributed by atoms with van der Waals surface area (Å²) in [6.45, 7) is 2.35. The second-order valence-corrected chi connectivity index (χ2v) is 3.85. The van der Waals surface area contributed by atoms with E-state index >= 15 is 0 Å². The average molecular weight is 122 g/mol. The van der Waals surface area contributed by atoms with E-state index in [0.29, 0.717) is 5.41 Å². The first-order chi connectivity index (χ1) is 4.29. The molecule has 0 aromatic carbocycles. The zero-order valence-electron chi connectivity index (χ0n) is 6.06. The average Bonchev–Trinajstić information content (AvgIpc) is 2.58. The quantitative estimate of drug-likeness (QED) is 0.494. The van der Waals surface area contributed by atoms with Crippen LogP contribution in [0.25, 0.3) is 0 Å². The molecule has 0 heteroatoms. The Morgan fingerprint density at radius 2 is 2.00 bits per heavy atom. The van der Waals surface area contributed by atoms with Gasteiger partial charge in [0, 0.05) is 0 Å². The Hall–Kier alpha value is -0.260. The van der Waals surface area contributed by atoms with Gasteiger partial charge >= 0.3 is 0 Å². The summed E-state index contributed by atoms with van der Waals surface area (Å²) in [6, 6.07) is 0. The highest BCUT2D eigenvalue weighted by atomic mass is 14.4. The van der Waals surface area contributed by atoms with Crippen LogP contribution in [-0.4, -0.2) is 0 Å². The van der Waals surface area contributed by atoms with E-state index in [-0.39, 0.29) is 0 Å². The molecule has 2 rings (SSSR count).